The number of hydrogen-bond donors (Lipinski definition) is 0. The van der Waals surface area contributed by atoms with Crippen molar-refractivity contribution < 1.29 is 9.15 Å². The maximum absolute atomic E-state index is 12.0. The monoisotopic (exact) mass is 313 g/mol. The van der Waals surface area contributed by atoms with Crippen molar-refractivity contribution in [2.75, 3.05) is 11.6 Å². The summed E-state index contributed by atoms with van der Waals surface area (Å²) in [4.78, 5) is 14.1. The maximum atomic E-state index is 12.0. The van der Waals surface area contributed by atoms with Crippen LogP contribution in [0.4, 0.5) is 5.69 Å². The number of rotatable bonds is 1. The zero-order valence-corrected chi connectivity index (χ0v) is 12.3. The number of benzene rings is 2. The summed E-state index contributed by atoms with van der Waals surface area (Å²) < 4.78 is 10.9. The number of fused-ring (bicyclic) bond motifs is 3. The molecule has 4 rings (SSSR count). The van der Waals surface area contributed by atoms with Gasteiger partial charge in [0.15, 0.2) is 6.73 Å². The summed E-state index contributed by atoms with van der Waals surface area (Å²) in [6.45, 7) is 0.890. The normalized spacial score (nSPS) is 13.8. The molecule has 0 N–H and O–H groups in total. The lowest BCUT2D eigenvalue weighted by atomic mass is 10.1. The van der Waals surface area contributed by atoms with E-state index in [1.165, 1.54) is 0 Å². The molecule has 1 aliphatic heterocycles. The van der Waals surface area contributed by atoms with Gasteiger partial charge >= 0.3 is 5.63 Å². The standard InChI is InChI=1S/C17H12ClNO3/c18-11-5-7-12(8-6-11)19-9-14-13-3-1-2-4-15(13)22-17(20)16(14)21-10-19/h1-8H,9-10H2. The molecule has 5 heteroatoms. The van der Waals surface area contributed by atoms with E-state index in [4.69, 9.17) is 20.8 Å². The van der Waals surface area contributed by atoms with E-state index in [9.17, 15) is 4.79 Å². The summed E-state index contributed by atoms with van der Waals surface area (Å²) in [6.07, 6.45) is 0. The molecule has 0 atom stereocenters. The molecule has 0 amide bonds. The Morgan fingerprint density at radius 2 is 1.82 bits per heavy atom. The van der Waals surface area contributed by atoms with Gasteiger partial charge in [-0.15, -0.1) is 0 Å². The highest BCUT2D eigenvalue weighted by molar-refractivity contribution is 6.30. The minimum Gasteiger partial charge on any atom is -0.465 e. The summed E-state index contributed by atoms with van der Waals surface area (Å²) in [7, 11) is 0. The molecule has 0 aliphatic carbocycles. The summed E-state index contributed by atoms with van der Waals surface area (Å²) in [5, 5.41) is 1.59. The molecular formula is C17H12ClNO3. The van der Waals surface area contributed by atoms with Crippen LogP contribution in [0.1, 0.15) is 5.56 Å². The Labute approximate surface area is 131 Å². The molecule has 0 bridgehead atoms. The maximum Gasteiger partial charge on any atom is 0.379 e. The summed E-state index contributed by atoms with van der Waals surface area (Å²) in [6, 6.07) is 15.0. The van der Waals surface area contributed by atoms with Gasteiger partial charge in [-0.2, -0.15) is 0 Å². The third-order valence-corrected chi connectivity index (χ3v) is 4.03. The van der Waals surface area contributed by atoms with Crippen LogP contribution in [0.25, 0.3) is 11.0 Å². The summed E-state index contributed by atoms with van der Waals surface area (Å²) in [5.74, 6) is 0.309. The fourth-order valence-corrected chi connectivity index (χ4v) is 2.82. The summed E-state index contributed by atoms with van der Waals surface area (Å²) >= 11 is 5.93. The average molecular weight is 314 g/mol. The molecule has 0 saturated carbocycles. The molecule has 0 saturated heterocycles. The van der Waals surface area contributed by atoms with Crippen LogP contribution in [-0.4, -0.2) is 6.73 Å². The highest BCUT2D eigenvalue weighted by atomic mass is 35.5. The molecule has 0 unspecified atom stereocenters. The smallest absolute Gasteiger partial charge is 0.379 e. The Balaban J connectivity index is 1.82. The lowest BCUT2D eigenvalue weighted by molar-refractivity contribution is 0.275. The van der Waals surface area contributed by atoms with E-state index in [0.29, 0.717) is 29.6 Å². The van der Waals surface area contributed by atoms with Gasteiger partial charge in [-0.25, -0.2) is 4.79 Å². The van der Waals surface area contributed by atoms with Gasteiger partial charge in [0.05, 0.1) is 6.54 Å². The Morgan fingerprint density at radius 3 is 2.64 bits per heavy atom. The summed E-state index contributed by atoms with van der Waals surface area (Å²) in [5.41, 5.74) is 2.00. The predicted molar refractivity (Wildman–Crippen MR) is 85.6 cm³/mol. The number of ether oxygens (including phenoxy) is 1. The zero-order valence-electron chi connectivity index (χ0n) is 11.6. The van der Waals surface area contributed by atoms with Crippen LogP contribution in [0, 0.1) is 0 Å². The van der Waals surface area contributed by atoms with Crippen molar-refractivity contribution in [3.8, 4) is 5.75 Å². The van der Waals surface area contributed by atoms with Crippen molar-refractivity contribution in [1.29, 1.82) is 0 Å². The molecule has 0 fully saturated rings. The van der Waals surface area contributed by atoms with Gasteiger partial charge in [0, 0.05) is 21.7 Å². The highest BCUT2D eigenvalue weighted by Gasteiger charge is 2.24. The van der Waals surface area contributed by atoms with E-state index >= 15 is 0 Å². The minimum absolute atomic E-state index is 0.303. The molecule has 0 radical (unpaired) electrons. The minimum atomic E-state index is -0.426. The number of para-hydroxylation sites is 1. The third kappa shape index (κ3) is 2.12. The Bertz CT molecular complexity index is 902. The van der Waals surface area contributed by atoms with E-state index in [-0.39, 0.29) is 0 Å². The quantitative estimate of drug-likeness (QED) is 0.641. The second kappa shape index (κ2) is 5.07. The van der Waals surface area contributed by atoms with Gasteiger partial charge in [-0.3, -0.25) is 0 Å². The van der Waals surface area contributed by atoms with Crippen molar-refractivity contribution in [1.82, 2.24) is 0 Å². The van der Waals surface area contributed by atoms with E-state index in [0.717, 1.165) is 16.6 Å². The van der Waals surface area contributed by atoms with Crippen LogP contribution in [0.3, 0.4) is 0 Å². The number of anilines is 1. The van der Waals surface area contributed by atoms with Gasteiger partial charge in [-0.1, -0.05) is 29.8 Å². The molecular weight excluding hydrogens is 302 g/mol. The van der Waals surface area contributed by atoms with Gasteiger partial charge in [0.2, 0.25) is 5.75 Å². The molecule has 0 spiro atoms. The van der Waals surface area contributed by atoms with Crippen LogP contribution < -0.4 is 15.3 Å². The van der Waals surface area contributed by atoms with Crippen molar-refractivity contribution in [3.05, 3.63) is 69.5 Å². The van der Waals surface area contributed by atoms with Gasteiger partial charge in [0.1, 0.15) is 5.58 Å². The van der Waals surface area contributed by atoms with E-state index in [2.05, 4.69) is 0 Å². The molecule has 22 heavy (non-hydrogen) atoms. The van der Waals surface area contributed by atoms with Gasteiger partial charge in [-0.05, 0) is 30.3 Å². The van der Waals surface area contributed by atoms with Gasteiger partial charge in [0.25, 0.3) is 0 Å². The SMILES string of the molecule is O=c1oc2ccccc2c2c1OCN(c1ccc(Cl)cc1)C2. The molecule has 3 aromatic rings. The fourth-order valence-electron chi connectivity index (χ4n) is 2.70. The molecule has 1 aromatic heterocycles. The first-order valence-electron chi connectivity index (χ1n) is 6.90. The Morgan fingerprint density at radius 1 is 1.05 bits per heavy atom. The Hall–Kier alpha value is -2.46. The van der Waals surface area contributed by atoms with Crippen molar-refractivity contribution in [2.24, 2.45) is 0 Å². The molecule has 1 aliphatic rings. The first kappa shape index (κ1) is 13.2. The second-order valence-corrected chi connectivity index (χ2v) is 5.58. The lowest BCUT2D eigenvalue weighted by Crippen LogP contribution is -2.34. The second-order valence-electron chi connectivity index (χ2n) is 5.14. The molecule has 2 aromatic carbocycles. The third-order valence-electron chi connectivity index (χ3n) is 3.78. The van der Waals surface area contributed by atoms with Crippen LogP contribution in [0.2, 0.25) is 5.02 Å². The molecule has 2 heterocycles. The first-order valence-corrected chi connectivity index (χ1v) is 7.28. The predicted octanol–water partition coefficient (Wildman–Crippen LogP) is 3.80. The van der Waals surface area contributed by atoms with E-state index in [1.807, 2.05) is 47.4 Å². The Kier molecular flexibility index (Phi) is 3.05. The van der Waals surface area contributed by atoms with E-state index < -0.39 is 5.63 Å². The topological polar surface area (TPSA) is 42.7 Å². The van der Waals surface area contributed by atoms with E-state index in [1.54, 1.807) is 6.07 Å². The van der Waals surface area contributed by atoms with Crippen LogP contribution in [-0.2, 0) is 6.54 Å². The van der Waals surface area contributed by atoms with Gasteiger partial charge < -0.3 is 14.1 Å². The lowest BCUT2D eigenvalue weighted by Gasteiger charge is -2.30. The number of nitrogens with zero attached hydrogens (tertiary/aromatic N) is 1. The van der Waals surface area contributed by atoms with Crippen molar-refractivity contribution in [2.45, 2.75) is 6.54 Å². The fraction of sp³-hybridized carbons (Fsp3) is 0.118. The molecule has 110 valence electrons. The largest absolute Gasteiger partial charge is 0.465 e. The number of halogens is 1. The first-order chi connectivity index (χ1) is 10.7. The van der Waals surface area contributed by atoms with Crippen LogP contribution in [0.5, 0.6) is 5.75 Å². The van der Waals surface area contributed by atoms with Crippen molar-refractivity contribution >= 4 is 28.3 Å². The average Bonchev–Trinajstić information content (AvgIpc) is 2.55. The number of hydrogen-bond acceptors (Lipinski definition) is 4. The highest BCUT2D eigenvalue weighted by Crippen LogP contribution is 2.31. The zero-order chi connectivity index (χ0) is 15.1. The van der Waals surface area contributed by atoms with Crippen molar-refractivity contribution in [3.63, 3.8) is 0 Å². The van der Waals surface area contributed by atoms with Crippen LogP contribution in [0.15, 0.2) is 57.7 Å². The molecule has 4 nitrogen and oxygen atoms in total. The van der Waals surface area contributed by atoms with Crippen LogP contribution >= 0.6 is 11.6 Å².